The first kappa shape index (κ1) is 10.5. The molecular weight excluding hydrogens is 168 g/mol. The van der Waals surface area contributed by atoms with Gasteiger partial charge in [0.2, 0.25) is 0 Å². The zero-order valence-corrected chi connectivity index (χ0v) is 10.1. The van der Waals surface area contributed by atoms with Crippen LogP contribution in [-0.4, -0.2) is 0 Å². The third-order valence-corrected chi connectivity index (χ3v) is 5.15. The minimum Gasteiger partial charge on any atom is -0.0651 e. The molecule has 0 spiro atoms. The van der Waals surface area contributed by atoms with E-state index in [-0.39, 0.29) is 0 Å². The highest BCUT2D eigenvalue weighted by Gasteiger charge is 2.39. The lowest BCUT2D eigenvalue weighted by molar-refractivity contribution is 0.282. The van der Waals surface area contributed by atoms with Crippen LogP contribution in [0.25, 0.3) is 0 Å². The van der Waals surface area contributed by atoms with E-state index >= 15 is 0 Å². The van der Waals surface area contributed by atoms with Crippen molar-refractivity contribution in [2.45, 2.75) is 59.3 Å². The van der Waals surface area contributed by atoms with E-state index in [1.165, 1.54) is 38.5 Å². The second kappa shape index (κ2) is 4.24. The molecule has 0 nitrogen and oxygen atoms in total. The van der Waals surface area contributed by atoms with Crippen LogP contribution in [0.15, 0.2) is 0 Å². The largest absolute Gasteiger partial charge is 0.0651 e. The third kappa shape index (κ3) is 1.85. The Morgan fingerprint density at radius 2 is 1.36 bits per heavy atom. The Labute approximate surface area is 89.5 Å². The maximum absolute atomic E-state index is 2.49. The van der Waals surface area contributed by atoms with Crippen LogP contribution in [0.4, 0.5) is 0 Å². The molecular formula is C14H26. The molecule has 2 aliphatic rings. The fourth-order valence-electron chi connectivity index (χ4n) is 4.19. The van der Waals surface area contributed by atoms with Gasteiger partial charge >= 0.3 is 0 Å². The predicted molar refractivity (Wildman–Crippen MR) is 62.2 cm³/mol. The lowest BCUT2D eigenvalue weighted by atomic mass is 9.84. The van der Waals surface area contributed by atoms with Crippen molar-refractivity contribution in [2.24, 2.45) is 29.6 Å². The van der Waals surface area contributed by atoms with Crippen LogP contribution in [0.2, 0.25) is 0 Å². The number of hydrogen-bond acceptors (Lipinski definition) is 0. The molecule has 14 heavy (non-hydrogen) atoms. The maximum atomic E-state index is 2.49. The Morgan fingerprint density at radius 3 is 1.79 bits per heavy atom. The van der Waals surface area contributed by atoms with Crippen molar-refractivity contribution in [2.75, 3.05) is 0 Å². The zero-order chi connectivity index (χ0) is 10.1. The van der Waals surface area contributed by atoms with Crippen molar-refractivity contribution < 1.29 is 0 Å². The van der Waals surface area contributed by atoms with Gasteiger partial charge in [-0.2, -0.15) is 0 Å². The minimum absolute atomic E-state index is 1.02. The maximum Gasteiger partial charge on any atom is -0.0357 e. The van der Waals surface area contributed by atoms with Gasteiger partial charge in [0.1, 0.15) is 0 Å². The van der Waals surface area contributed by atoms with E-state index in [1.807, 2.05) is 0 Å². The van der Waals surface area contributed by atoms with Crippen molar-refractivity contribution in [3.8, 4) is 0 Å². The Balaban J connectivity index is 2.01. The van der Waals surface area contributed by atoms with Crippen molar-refractivity contribution >= 4 is 0 Å². The summed E-state index contributed by atoms with van der Waals surface area (Å²) in [6.07, 6.45) is 9.04. The highest BCUT2D eigenvalue weighted by Crippen LogP contribution is 2.49. The van der Waals surface area contributed by atoms with Gasteiger partial charge < -0.3 is 0 Å². The Kier molecular flexibility index (Phi) is 3.19. The van der Waals surface area contributed by atoms with Gasteiger partial charge in [0.25, 0.3) is 0 Å². The third-order valence-electron chi connectivity index (χ3n) is 5.15. The van der Waals surface area contributed by atoms with E-state index in [2.05, 4.69) is 20.8 Å². The first-order valence-electron chi connectivity index (χ1n) is 6.72. The van der Waals surface area contributed by atoms with E-state index in [1.54, 1.807) is 0 Å². The standard InChI is InChI=1S/C14H26/c1-4-12-5-7-13-10(2)9-11(3)14(13)8-6-12/h10-14H,4-9H2,1-3H3. The van der Waals surface area contributed by atoms with E-state index in [0.717, 1.165) is 29.6 Å². The van der Waals surface area contributed by atoms with E-state index < -0.39 is 0 Å². The number of fused-ring (bicyclic) bond motifs is 1. The van der Waals surface area contributed by atoms with Gasteiger partial charge in [-0.15, -0.1) is 0 Å². The van der Waals surface area contributed by atoms with Crippen molar-refractivity contribution in [1.82, 2.24) is 0 Å². The van der Waals surface area contributed by atoms with Crippen LogP contribution in [0.1, 0.15) is 59.3 Å². The van der Waals surface area contributed by atoms with E-state index in [4.69, 9.17) is 0 Å². The molecule has 2 fully saturated rings. The van der Waals surface area contributed by atoms with Crippen molar-refractivity contribution in [3.63, 3.8) is 0 Å². The molecule has 0 saturated heterocycles. The zero-order valence-electron chi connectivity index (χ0n) is 10.1. The first-order chi connectivity index (χ1) is 6.72. The Bertz CT molecular complexity index is 166. The molecule has 4 unspecified atom stereocenters. The molecule has 0 heterocycles. The molecule has 0 aromatic heterocycles. The minimum atomic E-state index is 1.02. The summed E-state index contributed by atoms with van der Waals surface area (Å²) in [7, 11) is 0. The van der Waals surface area contributed by atoms with Gasteiger partial charge in [-0.05, 0) is 48.9 Å². The van der Waals surface area contributed by atoms with Crippen LogP contribution in [0.3, 0.4) is 0 Å². The monoisotopic (exact) mass is 194 g/mol. The average Bonchev–Trinajstić information content (AvgIpc) is 2.40. The van der Waals surface area contributed by atoms with Crippen molar-refractivity contribution in [1.29, 1.82) is 0 Å². The second-order valence-electron chi connectivity index (χ2n) is 5.95. The summed E-state index contributed by atoms with van der Waals surface area (Å²) in [5.41, 5.74) is 0. The second-order valence-corrected chi connectivity index (χ2v) is 5.95. The average molecular weight is 194 g/mol. The molecule has 82 valence electrons. The number of hydrogen-bond donors (Lipinski definition) is 0. The summed E-state index contributed by atoms with van der Waals surface area (Å²) in [6, 6.07) is 0. The molecule has 0 heteroatoms. The fraction of sp³-hybridized carbons (Fsp3) is 1.00. The molecule has 0 aliphatic heterocycles. The summed E-state index contributed by atoms with van der Waals surface area (Å²) >= 11 is 0. The molecule has 2 aliphatic carbocycles. The summed E-state index contributed by atoms with van der Waals surface area (Å²) in [5.74, 6) is 5.26. The van der Waals surface area contributed by atoms with Gasteiger partial charge in [0.05, 0.1) is 0 Å². The summed E-state index contributed by atoms with van der Waals surface area (Å²) in [5, 5.41) is 0. The van der Waals surface area contributed by atoms with Gasteiger partial charge in [-0.3, -0.25) is 0 Å². The van der Waals surface area contributed by atoms with Gasteiger partial charge in [0, 0.05) is 0 Å². The topological polar surface area (TPSA) is 0 Å². The smallest absolute Gasteiger partial charge is 0.0357 e. The van der Waals surface area contributed by atoms with Crippen molar-refractivity contribution in [3.05, 3.63) is 0 Å². The van der Waals surface area contributed by atoms with Crippen LogP contribution in [-0.2, 0) is 0 Å². The highest BCUT2D eigenvalue weighted by molar-refractivity contribution is 4.89. The van der Waals surface area contributed by atoms with E-state index in [9.17, 15) is 0 Å². The molecule has 0 aromatic carbocycles. The van der Waals surface area contributed by atoms with Crippen LogP contribution in [0.5, 0.6) is 0 Å². The molecule has 0 radical (unpaired) electrons. The predicted octanol–water partition coefficient (Wildman–Crippen LogP) is 4.49. The first-order valence-corrected chi connectivity index (χ1v) is 6.72. The van der Waals surface area contributed by atoms with Gasteiger partial charge in [0.15, 0.2) is 0 Å². The highest BCUT2D eigenvalue weighted by atomic mass is 14.4. The van der Waals surface area contributed by atoms with Gasteiger partial charge in [-0.1, -0.05) is 40.0 Å². The normalized spacial score (nSPS) is 48.6. The summed E-state index contributed by atoms with van der Waals surface area (Å²) < 4.78 is 0. The van der Waals surface area contributed by atoms with Crippen LogP contribution in [0, 0.1) is 29.6 Å². The van der Waals surface area contributed by atoms with E-state index in [0.29, 0.717) is 0 Å². The Hall–Kier alpha value is 0. The molecule has 2 saturated carbocycles. The molecule has 0 aromatic rings. The lowest BCUT2D eigenvalue weighted by Crippen LogP contribution is -2.13. The Morgan fingerprint density at radius 1 is 0.857 bits per heavy atom. The molecule has 4 atom stereocenters. The van der Waals surface area contributed by atoms with Crippen LogP contribution < -0.4 is 0 Å². The fourth-order valence-corrected chi connectivity index (χ4v) is 4.19. The quantitative estimate of drug-likeness (QED) is 0.577. The summed E-state index contributed by atoms with van der Waals surface area (Å²) in [6.45, 7) is 7.36. The molecule has 0 bridgehead atoms. The van der Waals surface area contributed by atoms with Gasteiger partial charge in [-0.25, -0.2) is 0 Å². The summed E-state index contributed by atoms with van der Waals surface area (Å²) in [4.78, 5) is 0. The lowest BCUT2D eigenvalue weighted by Gasteiger charge is -2.21. The SMILES string of the molecule is CCC1CCC2C(C)CC(C)C2CC1. The molecule has 2 rings (SSSR count). The molecule has 0 amide bonds. The number of rotatable bonds is 1. The van der Waals surface area contributed by atoms with Crippen LogP contribution >= 0.6 is 0 Å². The molecule has 0 N–H and O–H groups in total.